The van der Waals surface area contributed by atoms with Crippen molar-refractivity contribution in [3.63, 3.8) is 0 Å². The summed E-state index contributed by atoms with van der Waals surface area (Å²) >= 11 is 0. The van der Waals surface area contributed by atoms with Gasteiger partial charge in [-0.05, 0) is 53.5 Å². The second kappa shape index (κ2) is 15.8. The molecule has 10 heteroatoms. The molecule has 0 heterocycles. The van der Waals surface area contributed by atoms with E-state index < -0.39 is 10.0 Å². The number of methoxy groups -OCH3 is 1. The smallest absolute Gasteiger partial charge is 0.251 e. The second-order valence-electron chi connectivity index (χ2n) is 11.3. The second-order valence-corrected chi connectivity index (χ2v) is 13.1. The zero-order chi connectivity index (χ0) is 30.6. The van der Waals surface area contributed by atoms with Crippen LogP contribution in [-0.2, 0) is 20.2 Å². The number of unbranched alkanes of at least 4 members (excludes halogenated alkanes) is 2. The largest absolute Gasteiger partial charge is 0.496 e. The van der Waals surface area contributed by atoms with Gasteiger partial charge >= 0.3 is 0 Å². The summed E-state index contributed by atoms with van der Waals surface area (Å²) < 4.78 is 36.4. The van der Waals surface area contributed by atoms with Gasteiger partial charge in [-0.1, -0.05) is 59.1 Å². The molecule has 41 heavy (non-hydrogen) atoms. The third-order valence-corrected chi connectivity index (χ3v) is 7.51. The first kappa shape index (κ1) is 34.1. The van der Waals surface area contributed by atoms with E-state index in [1.165, 1.54) is 0 Å². The molecule has 0 bridgehead atoms. The molecule has 2 aromatic carbocycles. The van der Waals surface area contributed by atoms with E-state index in [0.29, 0.717) is 42.3 Å². The number of hydrogen-bond donors (Lipinski definition) is 3. The zero-order valence-electron chi connectivity index (χ0n) is 25.6. The first-order chi connectivity index (χ1) is 19.3. The fraction of sp³-hybridized carbons (Fsp3) is 0.548. The van der Waals surface area contributed by atoms with E-state index in [9.17, 15) is 18.0 Å². The van der Waals surface area contributed by atoms with Crippen molar-refractivity contribution in [1.82, 2.24) is 10.0 Å². The van der Waals surface area contributed by atoms with Gasteiger partial charge in [0.1, 0.15) is 11.5 Å². The van der Waals surface area contributed by atoms with Crippen LogP contribution in [0.3, 0.4) is 0 Å². The third kappa shape index (κ3) is 11.4. The first-order valence-electron chi connectivity index (χ1n) is 14.2. The Labute approximate surface area is 245 Å². The average Bonchev–Trinajstić information content (AvgIpc) is 2.90. The minimum atomic E-state index is -3.23. The molecule has 3 N–H and O–H groups in total. The molecule has 2 amide bonds. The SMILES string of the molecule is CCCCCC(CC(=O)Nc1cc(C(=O)NC)ccc1C(C)(C)C)c1ccc(OCCCNS(C)(=O)=O)cc1OC. The van der Waals surface area contributed by atoms with Crippen LogP contribution in [0.15, 0.2) is 36.4 Å². The lowest BCUT2D eigenvalue weighted by molar-refractivity contribution is -0.116. The van der Waals surface area contributed by atoms with Crippen molar-refractivity contribution < 1.29 is 27.5 Å². The zero-order valence-corrected chi connectivity index (χ0v) is 26.4. The predicted octanol–water partition coefficient (Wildman–Crippen LogP) is 5.36. The topological polar surface area (TPSA) is 123 Å². The number of benzene rings is 2. The highest BCUT2D eigenvalue weighted by atomic mass is 32.2. The van der Waals surface area contributed by atoms with E-state index in [-0.39, 0.29) is 29.6 Å². The van der Waals surface area contributed by atoms with E-state index in [2.05, 4.69) is 43.1 Å². The van der Waals surface area contributed by atoms with Crippen LogP contribution in [0, 0.1) is 0 Å². The standard InChI is InChI=1S/C31H47N3O6S/c1-8-9-10-12-22(25-15-14-24(21-28(25)39-6)40-18-11-17-33-41(7,37)38)20-29(35)34-27-19-23(30(36)32-5)13-16-26(27)31(2,3)4/h13-16,19,21-22,33H,8-12,17-18,20H2,1-7H3,(H,32,36)(H,34,35). The normalized spacial score (nSPS) is 12.5. The number of sulfonamides is 1. The lowest BCUT2D eigenvalue weighted by atomic mass is 9.84. The number of rotatable bonds is 16. The molecular formula is C31H47N3O6S. The van der Waals surface area contributed by atoms with Gasteiger partial charge in [0.2, 0.25) is 15.9 Å². The summed E-state index contributed by atoms with van der Waals surface area (Å²) in [5.41, 5.74) is 2.77. The molecule has 0 saturated carbocycles. The highest BCUT2D eigenvalue weighted by Gasteiger charge is 2.24. The first-order valence-corrected chi connectivity index (χ1v) is 16.1. The number of amides is 2. The number of ether oxygens (including phenoxy) is 2. The molecular weight excluding hydrogens is 542 g/mol. The monoisotopic (exact) mass is 589 g/mol. The van der Waals surface area contributed by atoms with E-state index in [4.69, 9.17) is 9.47 Å². The Hall–Kier alpha value is -3.11. The van der Waals surface area contributed by atoms with Gasteiger partial charge in [-0.2, -0.15) is 0 Å². The Kier molecular flexibility index (Phi) is 13.1. The van der Waals surface area contributed by atoms with E-state index >= 15 is 0 Å². The lowest BCUT2D eigenvalue weighted by Crippen LogP contribution is -2.24. The van der Waals surface area contributed by atoms with E-state index in [0.717, 1.165) is 43.1 Å². The molecule has 0 aliphatic carbocycles. The Morgan fingerprint density at radius 1 is 1.02 bits per heavy atom. The van der Waals surface area contributed by atoms with Crippen LogP contribution in [0.1, 0.15) is 93.6 Å². The molecule has 228 valence electrons. The van der Waals surface area contributed by atoms with Gasteiger partial charge in [-0.25, -0.2) is 13.1 Å². The third-order valence-electron chi connectivity index (χ3n) is 6.78. The maximum Gasteiger partial charge on any atom is 0.251 e. The summed E-state index contributed by atoms with van der Waals surface area (Å²) in [5.74, 6) is 0.833. The van der Waals surface area contributed by atoms with Crippen molar-refractivity contribution in [2.24, 2.45) is 0 Å². The molecule has 0 fully saturated rings. The van der Waals surface area contributed by atoms with E-state index in [1.54, 1.807) is 26.3 Å². The van der Waals surface area contributed by atoms with Crippen molar-refractivity contribution in [1.29, 1.82) is 0 Å². The molecule has 1 atom stereocenters. The molecule has 0 aromatic heterocycles. The summed E-state index contributed by atoms with van der Waals surface area (Å²) in [6.45, 7) is 9.00. The number of carbonyl (C=O) groups excluding carboxylic acids is 2. The molecule has 0 saturated heterocycles. The van der Waals surface area contributed by atoms with Crippen LogP contribution in [0.4, 0.5) is 5.69 Å². The van der Waals surface area contributed by atoms with Crippen LogP contribution in [-0.4, -0.2) is 53.8 Å². The van der Waals surface area contributed by atoms with E-state index in [1.807, 2.05) is 24.3 Å². The van der Waals surface area contributed by atoms with Crippen molar-refractivity contribution in [2.45, 2.75) is 77.6 Å². The number of carbonyl (C=O) groups is 2. The molecule has 2 rings (SSSR count). The Bertz CT molecular complexity index is 1270. The average molecular weight is 590 g/mol. The summed E-state index contributed by atoms with van der Waals surface area (Å²) in [4.78, 5) is 25.8. The molecule has 1 unspecified atom stereocenters. The van der Waals surface area contributed by atoms with Gasteiger partial charge in [0, 0.05) is 37.3 Å². The van der Waals surface area contributed by atoms with Gasteiger partial charge in [0.15, 0.2) is 0 Å². The fourth-order valence-corrected chi connectivity index (χ4v) is 5.17. The minimum Gasteiger partial charge on any atom is -0.496 e. The van der Waals surface area contributed by atoms with Gasteiger partial charge in [0.25, 0.3) is 5.91 Å². The minimum absolute atomic E-state index is 0.0790. The highest BCUT2D eigenvalue weighted by Crippen LogP contribution is 2.37. The Balaban J connectivity index is 2.24. The van der Waals surface area contributed by atoms with Crippen LogP contribution in [0.2, 0.25) is 0 Å². The molecule has 0 aliphatic heterocycles. The predicted molar refractivity (Wildman–Crippen MR) is 165 cm³/mol. The number of anilines is 1. The van der Waals surface area contributed by atoms with Gasteiger partial charge in [0.05, 0.1) is 20.0 Å². The molecule has 0 aliphatic rings. The maximum absolute atomic E-state index is 13.5. The van der Waals surface area contributed by atoms with Crippen molar-refractivity contribution >= 4 is 27.5 Å². The van der Waals surface area contributed by atoms with Crippen LogP contribution in [0.5, 0.6) is 11.5 Å². The quantitative estimate of drug-likeness (QED) is 0.227. The van der Waals surface area contributed by atoms with Gasteiger partial charge in [-0.3, -0.25) is 9.59 Å². The van der Waals surface area contributed by atoms with Crippen molar-refractivity contribution in [2.75, 3.05) is 38.9 Å². The molecule has 0 spiro atoms. The summed E-state index contributed by atoms with van der Waals surface area (Å²) in [6.07, 6.45) is 5.83. The Morgan fingerprint density at radius 3 is 2.37 bits per heavy atom. The van der Waals surface area contributed by atoms with Crippen LogP contribution < -0.4 is 24.8 Å². The lowest BCUT2D eigenvalue weighted by Gasteiger charge is -2.25. The molecule has 9 nitrogen and oxygen atoms in total. The Morgan fingerprint density at radius 2 is 1.76 bits per heavy atom. The number of hydrogen-bond acceptors (Lipinski definition) is 6. The molecule has 2 aromatic rings. The van der Waals surface area contributed by atoms with Crippen molar-refractivity contribution in [3.05, 3.63) is 53.1 Å². The maximum atomic E-state index is 13.5. The van der Waals surface area contributed by atoms with Gasteiger partial charge in [-0.15, -0.1) is 0 Å². The highest BCUT2D eigenvalue weighted by molar-refractivity contribution is 7.88. The fourth-order valence-electron chi connectivity index (χ4n) is 4.66. The van der Waals surface area contributed by atoms with Crippen LogP contribution >= 0.6 is 0 Å². The molecule has 0 radical (unpaired) electrons. The van der Waals surface area contributed by atoms with Crippen LogP contribution in [0.25, 0.3) is 0 Å². The van der Waals surface area contributed by atoms with Crippen molar-refractivity contribution in [3.8, 4) is 11.5 Å². The van der Waals surface area contributed by atoms with Gasteiger partial charge < -0.3 is 20.1 Å². The summed E-state index contributed by atoms with van der Waals surface area (Å²) in [6, 6.07) is 11.0. The number of nitrogens with one attached hydrogen (secondary N) is 3. The summed E-state index contributed by atoms with van der Waals surface area (Å²) in [5, 5.41) is 5.73. The summed E-state index contributed by atoms with van der Waals surface area (Å²) in [7, 11) is -0.0467.